The van der Waals surface area contributed by atoms with Gasteiger partial charge in [-0.25, -0.2) is 4.68 Å². The third kappa shape index (κ3) is 4.96. The summed E-state index contributed by atoms with van der Waals surface area (Å²) in [5, 5.41) is 12.1. The van der Waals surface area contributed by atoms with E-state index in [0.29, 0.717) is 23.7 Å². The highest BCUT2D eigenvalue weighted by molar-refractivity contribution is 5.92. The number of hydrogen-bond donors (Lipinski definition) is 2. The van der Waals surface area contributed by atoms with E-state index in [1.165, 1.54) is 5.56 Å². The van der Waals surface area contributed by atoms with E-state index in [1.54, 1.807) is 0 Å². The summed E-state index contributed by atoms with van der Waals surface area (Å²) in [4.78, 5) is 15.2. The first-order valence-electron chi connectivity index (χ1n) is 11.3. The molecule has 2 atom stereocenters. The van der Waals surface area contributed by atoms with Crippen molar-refractivity contribution < 1.29 is 4.79 Å². The molecule has 3 heterocycles. The molecular formula is C23H34Cl2N6O. The van der Waals surface area contributed by atoms with Gasteiger partial charge in [-0.2, -0.15) is 0 Å². The van der Waals surface area contributed by atoms with E-state index in [4.69, 9.17) is 5.73 Å². The van der Waals surface area contributed by atoms with Gasteiger partial charge in [-0.1, -0.05) is 35.5 Å². The second-order valence-corrected chi connectivity index (χ2v) is 9.51. The van der Waals surface area contributed by atoms with Crippen LogP contribution in [0.15, 0.2) is 36.5 Å². The van der Waals surface area contributed by atoms with E-state index in [9.17, 15) is 4.79 Å². The molecule has 0 spiro atoms. The molecule has 2 aliphatic heterocycles. The van der Waals surface area contributed by atoms with Crippen LogP contribution in [0, 0.1) is 11.3 Å². The summed E-state index contributed by atoms with van der Waals surface area (Å²) in [5.74, 6) is 0.544. The number of carbonyl (C=O) groups is 1. The van der Waals surface area contributed by atoms with Gasteiger partial charge < -0.3 is 16.0 Å². The van der Waals surface area contributed by atoms with E-state index in [0.717, 1.165) is 64.7 Å². The number of likely N-dealkylation sites (tertiary alicyclic amines) is 1. The summed E-state index contributed by atoms with van der Waals surface area (Å²) in [6, 6.07) is 11.3. The molecule has 2 unspecified atom stereocenters. The van der Waals surface area contributed by atoms with Crippen LogP contribution in [0.2, 0.25) is 0 Å². The Hall–Kier alpha value is -1.67. The zero-order chi connectivity index (χ0) is 20.6. The normalized spacial score (nSPS) is 29.2. The van der Waals surface area contributed by atoms with Crippen LogP contribution >= 0.6 is 24.8 Å². The van der Waals surface area contributed by atoms with Gasteiger partial charge in [-0.3, -0.25) is 4.79 Å². The van der Waals surface area contributed by atoms with Crippen molar-refractivity contribution in [1.82, 2.24) is 25.2 Å². The van der Waals surface area contributed by atoms with Crippen LogP contribution in [0.3, 0.4) is 0 Å². The van der Waals surface area contributed by atoms with E-state index in [2.05, 4.69) is 46.0 Å². The fourth-order valence-corrected chi connectivity index (χ4v) is 5.66. The van der Waals surface area contributed by atoms with Crippen molar-refractivity contribution in [1.29, 1.82) is 0 Å². The summed E-state index contributed by atoms with van der Waals surface area (Å²) in [7, 11) is 0. The molecule has 3 fully saturated rings. The van der Waals surface area contributed by atoms with Crippen molar-refractivity contribution in [3.8, 4) is 0 Å². The highest BCUT2D eigenvalue weighted by atomic mass is 35.5. The van der Waals surface area contributed by atoms with Crippen molar-refractivity contribution in [2.75, 3.05) is 26.2 Å². The zero-order valence-electron chi connectivity index (χ0n) is 18.4. The van der Waals surface area contributed by atoms with Crippen molar-refractivity contribution in [3.63, 3.8) is 0 Å². The van der Waals surface area contributed by atoms with Gasteiger partial charge >= 0.3 is 0 Å². The van der Waals surface area contributed by atoms with Gasteiger partial charge in [0.25, 0.3) is 5.91 Å². The number of aromatic nitrogens is 3. The molecule has 2 saturated heterocycles. The summed E-state index contributed by atoms with van der Waals surface area (Å²) in [6.07, 6.45) is 8.06. The number of nitrogens with zero attached hydrogens (tertiary/aromatic N) is 4. The van der Waals surface area contributed by atoms with Crippen LogP contribution in [0.4, 0.5) is 0 Å². The summed E-state index contributed by atoms with van der Waals surface area (Å²) < 4.78 is 1.89. The molecule has 2 aromatic rings. The number of nitrogens with two attached hydrogens (primary N) is 1. The summed E-state index contributed by atoms with van der Waals surface area (Å²) in [6.45, 7) is 3.60. The smallest absolute Gasteiger partial charge is 0.276 e. The van der Waals surface area contributed by atoms with Gasteiger partial charge in [0.2, 0.25) is 0 Å². The molecule has 176 valence electrons. The number of benzene rings is 1. The molecule has 1 saturated carbocycles. The molecule has 1 aliphatic carbocycles. The number of amides is 1. The molecular weight excluding hydrogens is 447 g/mol. The highest BCUT2D eigenvalue weighted by Gasteiger charge is 2.50. The molecule has 3 aliphatic rings. The largest absolute Gasteiger partial charge is 0.336 e. The molecule has 7 nitrogen and oxygen atoms in total. The Morgan fingerprint density at radius 2 is 1.91 bits per heavy atom. The fraction of sp³-hybridized carbons (Fsp3) is 0.609. The van der Waals surface area contributed by atoms with Crippen molar-refractivity contribution in [3.05, 3.63) is 47.8 Å². The highest BCUT2D eigenvalue weighted by Crippen LogP contribution is 2.43. The van der Waals surface area contributed by atoms with Crippen LogP contribution in [-0.4, -0.2) is 58.0 Å². The molecule has 1 aromatic heterocycles. The summed E-state index contributed by atoms with van der Waals surface area (Å²) in [5.41, 5.74) is 8.04. The maximum atomic E-state index is 13.2. The van der Waals surface area contributed by atoms with Crippen LogP contribution in [-0.2, 0) is 6.42 Å². The molecule has 3 N–H and O–H groups in total. The SMILES string of the molecule is Cl.Cl.NC1CCC(n2cc(C(=O)N3CC4CNCC4(CCc4ccccc4)C3)nn2)CC1. The van der Waals surface area contributed by atoms with Crippen LogP contribution in [0.25, 0.3) is 0 Å². The fourth-order valence-electron chi connectivity index (χ4n) is 5.66. The third-order valence-electron chi connectivity index (χ3n) is 7.57. The molecule has 9 heteroatoms. The summed E-state index contributed by atoms with van der Waals surface area (Å²) >= 11 is 0. The Labute approximate surface area is 202 Å². The zero-order valence-corrected chi connectivity index (χ0v) is 20.0. The van der Waals surface area contributed by atoms with Gasteiger partial charge in [-0.15, -0.1) is 29.9 Å². The first-order valence-corrected chi connectivity index (χ1v) is 11.3. The maximum Gasteiger partial charge on any atom is 0.276 e. The monoisotopic (exact) mass is 480 g/mol. The number of carbonyl (C=O) groups excluding carboxylic acids is 1. The third-order valence-corrected chi connectivity index (χ3v) is 7.57. The molecule has 1 aromatic carbocycles. The topological polar surface area (TPSA) is 89.1 Å². The molecule has 1 amide bonds. The van der Waals surface area contributed by atoms with Crippen molar-refractivity contribution >= 4 is 30.7 Å². The Balaban J connectivity index is 0.00000144. The minimum atomic E-state index is 0. The van der Waals surface area contributed by atoms with Crippen LogP contribution in [0.1, 0.15) is 54.2 Å². The second kappa shape index (κ2) is 10.5. The standard InChI is InChI=1S/C23H32N6O.2ClH/c24-19-6-8-20(9-7-19)29-14-21(26-27-29)22(30)28-13-18-12-25-15-23(18,16-28)11-10-17-4-2-1-3-5-17;;/h1-5,14,18-20,25H,6-13,15-16,24H2;2*1H. The molecule has 32 heavy (non-hydrogen) atoms. The number of halogens is 2. The maximum absolute atomic E-state index is 13.2. The first kappa shape index (κ1) is 25.0. The lowest BCUT2D eigenvalue weighted by Crippen LogP contribution is -2.36. The predicted molar refractivity (Wildman–Crippen MR) is 129 cm³/mol. The van der Waals surface area contributed by atoms with E-state index in [-0.39, 0.29) is 36.1 Å². The average Bonchev–Trinajstić information content (AvgIpc) is 3.48. The lowest BCUT2D eigenvalue weighted by atomic mass is 9.76. The van der Waals surface area contributed by atoms with Crippen LogP contribution in [0.5, 0.6) is 0 Å². The average molecular weight is 481 g/mol. The van der Waals surface area contributed by atoms with Gasteiger partial charge in [0.15, 0.2) is 5.69 Å². The van der Waals surface area contributed by atoms with E-state index >= 15 is 0 Å². The van der Waals surface area contributed by atoms with Crippen LogP contribution < -0.4 is 11.1 Å². The van der Waals surface area contributed by atoms with Gasteiger partial charge in [-0.05, 0) is 50.0 Å². The Morgan fingerprint density at radius 1 is 1.16 bits per heavy atom. The molecule has 5 rings (SSSR count). The molecule has 0 bridgehead atoms. The minimum absolute atomic E-state index is 0. The lowest BCUT2D eigenvalue weighted by molar-refractivity contribution is 0.0763. The van der Waals surface area contributed by atoms with Gasteiger partial charge in [0, 0.05) is 37.6 Å². The predicted octanol–water partition coefficient (Wildman–Crippen LogP) is 2.86. The Morgan fingerprint density at radius 3 is 2.66 bits per heavy atom. The first-order chi connectivity index (χ1) is 14.6. The minimum Gasteiger partial charge on any atom is -0.336 e. The van der Waals surface area contributed by atoms with Crippen molar-refractivity contribution in [2.45, 2.75) is 50.6 Å². The number of hydrogen-bond acceptors (Lipinski definition) is 5. The number of fused-ring (bicyclic) bond motifs is 1. The Bertz CT molecular complexity index is 886. The van der Waals surface area contributed by atoms with Crippen molar-refractivity contribution in [2.24, 2.45) is 17.1 Å². The number of rotatable bonds is 5. The van der Waals surface area contributed by atoms with E-state index < -0.39 is 0 Å². The quantitative estimate of drug-likeness (QED) is 0.686. The Kier molecular flexibility index (Phi) is 8.20. The number of nitrogens with one attached hydrogen (secondary N) is 1. The van der Waals surface area contributed by atoms with E-state index in [1.807, 2.05) is 15.8 Å². The second-order valence-electron chi connectivity index (χ2n) is 9.51. The lowest BCUT2D eigenvalue weighted by Gasteiger charge is -2.28. The van der Waals surface area contributed by atoms with Gasteiger partial charge in [0.1, 0.15) is 0 Å². The van der Waals surface area contributed by atoms with Gasteiger partial charge in [0.05, 0.1) is 12.2 Å². The molecule has 0 radical (unpaired) electrons. The number of aryl methyl sites for hydroxylation is 1.